The number of carbonyl (C=O) groups excluding carboxylic acids is 1. The van der Waals surface area contributed by atoms with Gasteiger partial charge in [-0.2, -0.15) is 0 Å². The van der Waals surface area contributed by atoms with E-state index in [0.717, 1.165) is 28.6 Å². The molecule has 0 spiro atoms. The lowest BCUT2D eigenvalue weighted by molar-refractivity contribution is 0.0965. The number of aryl methyl sites for hydroxylation is 1. The van der Waals surface area contributed by atoms with Crippen LogP contribution in [-0.2, 0) is 21.2 Å². The number of anilines is 1. The first-order valence-electron chi connectivity index (χ1n) is 8.08. The number of amides is 1. The van der Waals surface area contributed by atoms with Crippen molar-refractivity contribution in [1.29, 1.82) is 0 Å². The molecule has 5 nitrogen and oxygen atoms in total. The van der Waals surface area contributed by atoms with Gasteiger partial charge in [0.25, 0.3) is 5.91 Å². The topological polar surface area (TPSA) is 63.7 Å². The van der Waals surface area contributed by atoms with Crippen molar-refractivity contribution >= 4 is 21.4 Å². The van der Waals surface area contributed by atoms with Gasteiger partial charge < -0.3 is 9.64 Å². The zero-order chi connectivity index (χ0) is 18.2. The third-order valence-corrected chi connectivity index (χ3v) is 5.64. The Labute approximate surface area is 148 Å². The standard InChI is InChI=1S/C19H21NO4S/c1-13-10-16(25(3,22)23)11-17(14(13)2)19(21)20-8-9-24-12-15-6-4-5-7-18(15)20/h4-7,10-11H,8-9,12H2,1-3H3. The Bertz CT molecular complexity index is 934. The molecule has 0 aliphatic carbocycles. The van der Waals surface area contributed by atoms with Gasteiger partial charge in [-0.25, -0.2) is 8.42 Å². The number of carbonyl (C=O) groups is 1. The second-order valence-corrected chi connectivity index (χ2v) is 8.34. The molecule has 0 N–H and O–H groups in total. The second-order valence-electron chi connectivity index (χ2n) is 6.32. The van der Waals surface area contributed by atoms with Crippen LogP contribution in [0.5, 0.6) is 0 Å². The van der Waals surface area contributed by atoms with E-state index in [2.05, 4.69) is 0 Å². The number of hydrogen-bond donors (Lipinski definition) is 0. The minimum absolute atomic E-state index is 0.165. The number of ether oxygens (including phenoxy) is 1. The summed E-state index contributed by atoms with van der Waals surface area (Å²) in [6.07, 6.45) is 1.15. The van der Waals surface area contributed by atoms with Crippen LogP contribution < -0.4 is 4.90 Å². The molecule has 1 amide bonds. The van der Waals surface area contributed by atoms with E-state index in [1.165, 1.54) is 6.07 Å². The number of rotatable bonds is 2. The lowest BCUT2D eigenvalue weighted by Gasteiger charge is -2.24. The highest BCUT2D eigenvalue weighted by molar-refractivity contribution is 7.90. The maximum Gasteiger partial charge on any atom is 0.258 e. The molecule has 0 radical (unpaired) electrons. The third kappa shape index (κ3) is 3.45. The van der Waals surface area contributed by atoms with E-state index < -0.39 is 9.84 Å². The lowest BCUT2D eigenvalue weighted by atomic mass is 10.0. The molecular weight excluding hydrogens is 338 g/mol. The minimum atomic E-state index is -3.39. The first-order chi connectivity index (χ1) is 11.8. The Morgan fingerprint density at radius 3 is 2.60 bits per heavy atom. The van der Waals surface area contributed by atoms with Crippen molar-refractivity contribution in [3.05, 3.63) is 58.7 Å². The van der Waals surface area contributed by atoms with Gasteiger partial charge in [-0.15, -0.1) is 0 Å². The summed E-state index contributed by atoms with van der Waals surface area (Å²) >= 11 is 0. The van der Waals surface area contributed by atoms with Crippen LogP contribution >= 0.6 is 0 Å². The van der Waals surface area contributed by atoms with Crippen LogP contribution in [0.25, 0.3) is 0 Å². The van der Waals surface area contributed by atoms with Crippen molar-refractivity contribution in [1.82, 2.24) is 0 Å². The molecule has 1 aliphatic heterocycles. The molecule has 1 aliphatic rings. The van der Waals surface area contributed by atoms with E-state index in [-0.39, 0.29) is 10.8 Å². The van der Waals surface area contributed by atoms with Gasteiger partial charge in [0.05, 0.1) is 18.1 Å². The molecular formula is C19H21NO4S. The molecule has 0 bridgehead atoms. The van der Waals surface area contributed by atoms with Crippen LogP contribution in [0.4, 0.5) is 5.69 Å². The van der Waals surface area contributed by atoms with Crippen molar-refractivity contribution in [2.75, 3.05) is 24.3 Å². The number of sulfone groups is 1. The molecule has 0 saturated heterocycles. The van der Waals surface area contributed by atoms with Crippen molar-refractivity contribution in [3.63, 3.8) is 0 Å². The monoisotopic (exact) mass is 359 g/mol. The molecule has 0 saturated carbocycles. The largest absolute Gasteiger partial charge is 0.375 e. The fraction of sp³-hybridized carbons (Fsp3) is 0.316. The number of hydrogen-bond acceptors (Lipinski definition) is 4. The van der Waals surface area contributed by atoms with E-state index in [1.54, 1.807) is 11.0 Å². The Kier molecular flexibility index (Phi) is 4.67. The van der Waals surface area contributed by atoms with Gasteiger partial charge in [-0.1, -0.05) is 18.2 Å². The molecule has 0 unspecified atom stereocenters. The zero-order valence-electron chi connectivity index (χ0n) is 14.6. The van der Waals surface area contributed by atoms with Crippen LogP contribution in [0.1, 0.15) is 27.0 Å². The van der Waals surface area contributed by atoms with E-state index >= 15 is 0 Å². The Morgan fingerprint density at radius 1 is 1.16 bits per heavy atom. The van der Waals surface area contributed by atoms with Gasteiger partial charge in [-0.3, -0.25) is 4.79 Å². The van der Waals surface area contributed by atoms with Gasteiger partial charge >= 0.3 is 0 Å². The summed E-state index contributed by atoms with van der Waals surface area (Å²) in [7, 11) is -3.39. The average Bonchev–Trinajstić information content (AvgIpc) is 2.78. The van der Waals surface area contributed by atoms with Crippen molar-refractivity contribution in [2.45, 2.75) is 25.3 Å². The number of para-hydroxylation sites is 1. The minimum Gasteiger partial charge on any atom is -0.375 e. The highest BCUT2D eigenvalue weighted by atomic mass is 32.2. The molecule has 0 aromatic heterocycles. The average molecular weight is 359 g/mol. The smallest absolute Gasteiger partial charge is 0.258 e. The normalized spacial score (nSPS) is 14.8. The highest BCUT2D eigenvalue weighted by Crippen LogP contribution is 2.28. The van der Waals surface area contributed by atoms with Crippen LogP contribution in [0.2, 0.25) is 0 Å². The molecule has 0 fully saturated rings. The number of nitrogens with zero attached hydrogens (tertiary/aromatic N) is 1. The fourth-order valence-corrected chi connectivity index (χ4v) is 3.70. The summed E-state index contributed by atoms with van der Waals surface area (Å²) in [6.45, 7) is 4.98. The van der Waals surface area contributed by atoms with E-state index in [9.17, 15) is 13.2 Å². The summed E-state index contributed by atoms with van der Waals surface area (Å²) in [4.78, 5) is 15.1. The predicted octanol–water partition coefficient (Wildman–Crippen LogP) is 2.88. The fourth-order valence-electron chi connectivity index (χ4n) is 2.97. The van der Waals surface area contributed by atoms with Crippen LogP contribution in [0, 0.1) is 13.8 Å². The number of benzene rings is 2. The van der Waals surface area contributed by atoms with E-state index in [0.29, 0.717) is 25.3 Å². The van der Waals surface area contributed by atoms with E-state index in [4.69, 9.17) is 4.74 Å². The summed E-state index contributed by atoms with van der Waals surface area (Å²) < 4.78 is 29.5. The molecule has 25 heavy (non-hydrogen) atoms. The van der Waals surface area contributed by atoms with Crippen molar-refractivity contribution in [2.24, 2.45) is 0 Å². The van der Waals surface area contributed by atoms with Crippen molar-refractivity contribution in [3.8, 4) is 0 Å². The van der Waals surface area contributed by atoms with Gasteiger partial charge in [0.1, 0.15) is 0 Å². The Morgan fingerprint density at radius 2 is 1.88 bits per heavy atom. The predicted molar refractivity (Wildman–Crippen MR) is 96.8 cm³/mol. The Balaban J connectivity index is 2.11. The molecule has 6 heteroatoms. The first kappa shape index (κ1) is 17.6. The summed E-state index contributed by atoms with van der Waals surface area (Å²) in [5.74, 6) is -0.205. The number of fused-ring (bicyclic) bond motifs is 1. The molecule has 2 aromatic carbocycles. The quantitative estimate of drug-likeness (QED) is 0.827. The van der Waals surface area contributed by atoms with Crippen LogP contribution in [0.3, 0.4) is 0 Å². The lowest BCUT2D eigenvalue weighted by Crippen LogP contribution is -2.34. The SMILES string of the molecule is Cc1cc(S(C)(=O)=O)cc(C(=O)N2CCOCc3ccccc32)c1C. The van der Waals surface area contributed by atoms with Crippen LogP contribution in [0.15, 0.2) is 41.3 Å². The Hall–Kier alpha value is -2.18. The zero-order valence-corrected chi connectivity index (χ0v) is 15.4. The second kappa shape index (κ2) is 6.61. The van der Waals surface area contributed by atoms with Crippen molar-refractivity contribution < 1.29 is 17.9 Å². The van der Waals surface area contributed by atoms with Gasteiger partial charge in [0, 0.05) is 29.6 Å². The summed E-state index contributed by atoms with van der Waals surface area (Å²) in [5.41, 5.74) is 3.75. The maximum atomic E-state index is 13.2. The molecule has 1 heterocycles. The molecule has 132 valence electrons. The third-order valence-electron chi connectivity index (χ3n) is 4.54. The highest BCUT2D eigenvalue weighted by Gasteiger charge is 2.25. The maximum absolute atomic E-state index is 13.2. The van der Waals surface area contributed by atoms with E-state index in [1.807, 2.05) is 38.1 Å². The van der Waals surface area contributed by atoms with Crippen LogP contribution in [-0.4, -0.2) is 33.7 Å². The summed E-state index contributed by atoms with van der Waals surface area (Å²) in [6, 6.07) is 10.7. The van der Waals surface area contributed by atoms with Gasteiger partial charge in [-0.05, 0) is 43.2 Å². The molecule has 0 atom stereocenters. The van der Waals surface area contributed by atoms with Gasteiger partial charge in [0.15, 0.2) is 9.84 Å². The van der Waals surface area contributed by atoms with Gasteiger partial charge in [0.2, 0.25) is 0 Å². The molecule has 3 rings (SSSR count). The molecule has 2 aromatic rings. The summed E-state index contributed by atoms with van der Waals surface area (Å²) in [5, 5.41) is 0. The first-order valence-corrected chi connectivity index (χ1v) is 9.97.